The Morgan fingerprint density at radius 3 is 2.80 bits per heavy atom. The van der Waals surface area contributed by atoms with Crippen LogP contribution < -0.4 is 11.1 Å². The Labute approximate surface area is 117 Å². The number of aromatic nitrogens is 1. The topological polar surface area (TPSA) is 122 Å². The van der Waals surface area contributed by atoms with Gasteiger partial charge in [0.2, 0.25) is 5.91 Å². The number of carbonyl (C=O) groups excluding carboxylic acids is 2. The van der Waals surface area contributed by atoms with Gasteiger partial charge in [-0.25, -0.2) is 9.78 Å². The molecule has 1 aromatic heterocycles. The average Bonchev–Trinajstić information content (AvgIpc) is 2.84. The number of amides is 2. The molecule has 8 heteroatoms. The number of benzene rings is 1. The van der Waals surface area contributed by atoms with Gasteiger partial charge in [0, 0.05) is 5.56 Å². The summed E-state index contributed by atoms with van der Waals surface area (Å²) in [5.41, 5.74) is 7.66. The molecule has 1 atom stereocenters. The second-order valence-corrected chi connectivity index (χ2v) is 4.96. The number of hydrogen-bond donors (Lipinski definition) is 3. The zero-order valence-electron chi connectivity index (χ0n) is 10.2. The van der Waals surface area contributed by atoms with Gasteiger partial charge in [0.05, 0.1) is 22.1 Å². The molecule has 1 heterocycles. The van der Waals surface area contributed by atoms with Gasteiger partial charge in [-0.1, -0.05) is 0 Å². The molecule has 0 spiro atoms. The normalized spacial score (nSPS) is 12.0. The second kappa shape index (κ2) is 5.66. The second-order valence-electron chi connectivity index (χ2n) is 4.07. The van der Waals surface area contributed by atoms with E-state index in [0.29, 0.717) is 5.56 Å². The molecule has 0 unspecified atom stereocenters. The molecule has 7 nitrogen and oxygen atoms in total. The van der Waals surface area contributed by atoms with Gasteiger partial charge in [0.15, 0.2) is 0 Å². The third-order valence-corrected chi connectivity index (χ3v) is 3.39. The number of hydrogen-bond acceptors (Lipinski definition) is 5. The molecule has 0 radical (unpaired) electrons. The fourth-order valence-electron chi connectivity index (χ4n) is 1.64. The van der Waals surface area contributed by atoms with E-state index in [1.54, 1.807) is 23.7 Å². The molecule has 2 aromatic rings. The van der Waals surface area contributed by atoms with Gasteiger partial charge in [-0.2, -0.15) is 0 Å². The molecule has 2 amide bonds. The Balaban J connectivity index is 2.17. The van der Waals surface area contributed by atoms with Gasteiger partial charge in [-0.3, -0.25) is 9.59 Å². The summed E-state index contributed by atoms with van der Waals surface area (Å²) in [5.74, 6) is -2.68. The lowest BCUT2D eigenvalue weighted by Gasteiger charge is -2.12. The number of aliphatic carboxylic acids is 1. The quantitative estimate of drug-likeness (QED) is 0.734. The van der Waals surface area contributed by atoms with Gasteiger partial charge < -0.3 is 16.2 Å². The molecular formula is C12H11N3O4S. The van der Waals surface area contributed by atoms with Gasteiger partial charge in [-0.05, 0) is 18.2 Å². The molecule has 0 saturated heterocycles. The van der Waals surface area contributed by atoms with Crippen LogP contribution in [0.15, 0.2) is 23.7 Å². The molecular weight excluding hydrogens is 282 g/mol. The lowest BCUT2D eigenvalue weighted by Crippen LogP contribution is -2.43. The van der Waals surface area contributed by atoms with Crippen molar-refractivity contribution in [2.45, 2.75) is 12.5 Å². The highest BCUT2D eigenvalue weighted by Crippen LogP contribution is 2.19. The first kappa shape index (κ1) is 13.9. The van der Waals surface area contributed by atoms with Crippen LogP contribution in [0.1, 0.15) is 16.8 Å². The van der Waals surface area contributed by atoms with Gasteiger partial charge >= 0.3 is 5.97 Å². The van der Waals surface area contributed by atoms with Crippen molar-refractivity contribution in [3.63, 3.8) is 0 Å². The number of carboxylic acid groups (broad SMARTS) is 1. The summed E-state index contributed by atoms with van der Waals surface area (Å²) < 4.78 is 0.819. The lowest BCUT2D eigenvalue weighted by molar-refractivity contribution is -0.140. The van der Waals surface area contributed by atoms with E-state index >= 15 is 0 Å². The summed E-state index contributed by atoms with van der Waals surface area (Å²) in [5, 5.41) is 11.2. The summed E-state index contributed by atoms with van der Waals surface area (Å²) >= 11 is 1.37. The molecule has 0 aliphatic heterocycles. The summed E-state index contributed by atoms with van der Waals surface area (Å²) in [6, 6.07) is 3.49. The maximum Gasteiger partial charge on any atom is 0.326 e. The first-order valence-corrected chi connectivity index (χ1v) is 6.50. The van der Waals surface area contributed by atoms with Crippen LogP contribution in [-0.4, -0.2) is 33.9 Å². The highest BCUT2D eigenvalue weighted by Gasteiger charge is 2.22. The van der Waals surface area contributed by atoms with Crippen LogP contribution in [0.3, 0.4) is 0 Å². The van der Waals surface area contributed by atoms with E-state index in [9.17, 15) is 14.4 Å². The maximum absolute atomic E-state index is 12.0. The van der Waals surface area contributed by atoms with E-state index in [2.05, 4.69) is 10.3 Å². The number of primary amides is 1. The van der Waals surface area contributed by atoms with Gasteiger partial charge in [-0.15, -0.1) is 11.3 Å². The molecule has 104 valence electrons. The zero-order chi connectivity index (χ0) is 14.7. The van der Waals surface area contributed by atoms with E-state index in [4.69, 9.17) is 10.8 Å². The molecule has 4 N–H and O–H groups in total. The summed E-state index contributed by atoms with van der Waals surface area (Å²) in [7, 11) is 0. The van der Waals surface area contributed by atoms with Crippen molar-refractivity contribution in [1.82, 2.24) is 10.3 Å². The Hall–Kier alpha value is -2.48. The SMILES string of the molecule is NC(=O)C[C@@H](NC(=O)c1ccc2ncsc2c1)C(=O)O. The van der Waals surface area contributed by atoms with Crippen molar-refractivity contribution in [1.29, 1.82) is 0 Å². The van der Waals surface area contributed by atoms with Crippen LogP contribution in [0.2, 0.25) is 0 Å². The highest BCUT2D eigenvalue weighted by molar-refractivity contribution is 7.16. The average molecular weight is 293 g/mol. The first-order chi connectivity index (χ1) is 9.47. The predicted octanol–water partition coefficient (Wildman–Crippen LogP) is 0.355. The fourth-order valence-corrected chi connectivity index (χ4v) is 2.36. The third kappa shape index (κ3) is 3.09. The monoisotopic (exact) mass is 293 g/mol. The first-order valence-electron chi connectivity index (χ1n) is 5.62. The maximum atomic E-state index is 12.0. The Morgan fingerprint density at radius 2 is 2.15 bits per heavy atom. The fraction of sp³-hybridized carbons (Fsp3) is 0.167. The molecule has 0 saturated carbocycles. The van der Waals surface area contributed by atoms with Crippen molar-refractivity contribution in [3.05, 3.63) is 29.3 Å². The van der Waals surface area contributed by atoms with E-state index < -0.39 is 30.2 Å². The van der Waals surface area contributed by atoms with Crippen molar-refractivity contribution in [2.24, 2.45) is 5.73 Å². The summed E-state index contributed by atoms with van der Waals surface area (Å²) in [6.45, 7) is 0. The van der Waals surface area contributed by atoms with Crippen molar-refractivity contribution in [2.75, 3.05) is 0 Å². The molecule has 0 aliphatic carbocycles. The summed E-state index contributed by atoms with van der Waals surface area (Å²) in [6.07, 6.45) is -0.454. The number of thiazole rings is 1. The predicted molar refractivity (Wildman–Crippen MR) is 72.3 cm³/mol. The molecule has 0 fully saturated rings. The Kier molecular flexibility index (Phi) is 3.94. The minimum Gasteiger partial charge on any atom is -0.480 e. The molecule has 0 aliphatic rings. The van der Waals surface area contributed by atoms with Crippen molar-refractivity contribution in [3.8, 4) is 0 Å². The Bertz CT molecular complexity index is 682. The number of carboxylic acids is 1. The van der Waals surface area contributed by atoms with Crippen LogP contribution in [0.5, 0.6) is 0 Å². The highest BCUT2D eigenvalue weighted by atomic mass is 32.1. The number of nitrogens with zero attached hydrogens (tertiary/aromatic N) is 1. The molecule has 20 heavy (non-hydrogen) atoms. The smallest absolute Gasteiger partial charge is 0.326 e. The molecule has 1 aromatic carbocycles. The number of nitrogens with one attached hydrogen (secondary N) is 1. The van der Waals surface area contributed by atoms with Crippen molar-refractivity contribution >= 4 is 39.3 Å². The minimum absolute atomic E-state index is 0.303. The van der Waals surface area contributed by atoms with Crippen LogP contribution in [0.4, 0.5) is 0 Å². The van der Waals surface area contributed by atoms with Crippen LogP contribution in [-0.2, 0) is 9.59 Å². The summed E-state index contributed by atoms with van der Waals surface area (Å²) in [4.78, 5) is 37.8. The van der Waals surface area contributed by atoms with E-state index in [0.717, 1.165) is 10.2 Å². The van der Waals surface area contributed by atoms with Gasteiger partial charge in [0.25, 0.3) is 5.91 Å². The standard InChI is InChI=1S/C12H11N3O4S/c13-10(16)4-8(12(18)19)15-11(17)6-1-2-7-9(3-6)20-5-14-7/h1-3,5,8H,4H2,(H2,13,16)(H,15,17)(H,18,19)/t8-/m1/s1. The van der Waals surface area contributed by atoms with Crippen LogP contribution >= 0.6 is 11.3 Å². The van der Waals surface area contributed by atoms with E-state index in [1.165, 1.54) is 11.3 Å². The third-order valence-electron chi connectivity index (χ3n) is 2.60. The largest absolute Gasteiger partial charge is 0.480 e. The van der Waals surface area contributed by atoms with Crippen molar-refractivity contribution < 1.29 is 19.5 Å². The lowest BCUT2D eigenvalue weighted by atomic mass is 10.1. The number of fused-ring (bicyclic) bond motifs is 1. The Morgan fingerprint density at radius 1 is 1.40 bits per heavy atom. The van der Waals surface area contributed by atoms with Crippen LogP contribution in [0.25, 0.3) is 10.2 Å². The zero-order valence-corrected chi connectivity index (χ0v) is 11.0. The van der Waals surface area contributed by atoms with Crippen LogP contribution in [0, 0.1) is 0 Å². The number of carbonyl (C=O) groups is 3. The molecule has 0 bridgehead atoms. The van der Waals surface area contributed by atoms with E-state index in [-0.39, 0.29) is 0 Å². The van der Waals surface area contributed by atoms with E-state index in [1.807, 2.05) is 0 Å². The van der Waals surface area contributed by atoms with Gasteiger partial charge in [0.1, 0.15) is 6.04 Å². The molecule has 2 rings (SSSR count). The number of nitrogens with two attached hydrogens (primary N) is 1. The number of rotatable bonds is 5. The minimum atomic E-state index is -1.34.